The van der Waals surface area contributed by atoms with Gasteiger partial charge in [-0.05, 0) is 27.7 Å². The molecule has 0 aliphatic carbocycles. The quantitative estimate of drug-likeness (QED) is 0.630. The van der Waals surface area contributed by atoms with Crippen LogP contribution in [-0.2, 0) is 19.1 Å². The van der Waals surface area contributed by atoms with Gasteiger partial charge in [0.25, 0.3) is 0 Å². The number of ketones is 1. The van der Waals surface area contributed by atoms with Gasteiger partial charge in [0.05, 0.1) is 6.61 Å². The van der Waals surface area contributed by atoms with Crippen molar-refractivity contribution < 1.29 is 24.2 Å². The van der Waals surface area contributed by atoms with Crippen LogP contribution in [0.5, 0.6) is 0 Å². The van der Waals surface area contributed by atoms with Gasteiger partial charge in [0.1, 0.15) is 5.78 Å². The first kappa shape index (κ1) is 26.3. The maximum atomic E-state index is 9.82. The molecule has 1 aromatic rings. The number of carbonyl (C=O) groups is 3. The van der Waals surface area contributed by atoms with Gasteiger partial charge in [-0.25, -0.2) is 4.79 Å². The second kappa shape index (κ2) is 18.5. The molecule has 0 spiro atoms. The normalized spacial score (nSPS) is 8.17. The van der Waals surface area contributed by atoms with E-state index in [0.717, 1.165) is 0 Å². The number of alkyl halides is 2. The maximum Gasteiger partial charge on any atom is 0.337 e. The molecule has 7 heteroatoms. The molecule has 1 aromatic carbocycles. The van der Waals surface area contributed by atoms with E-state index < -0.39 is 10.8 Å². The molecule has 0 amide bonds. The smallest absolute Gasteiger partial charge is 0.337 e. The Labute approximate surface area is 147 Å². The number of rotatable bonds is 2. The third-order valence-electron chi connectivity index (χ3n) is 1.47. The van der Waals surface area contributed by atoms with Crippen molar-refractivity contribution >= 4 is 40.9 Å². The van der Waals surface area contributed by atoms with Gasteiger partial charge in [0.2, 0.25) is 4.84 Å². The molecule has 0 unspecified atom stereocenters. The molecule has 0 radical (unpaired) electrons. The van der Waals surface area contributed by atoms with Crippen LogP contribution in [0.15, 0.2) is 30.3 Å². The molecular formula is C16H24Cl2O5. The molecule has 1 rings (SSSR count). The Morgan fingerprint density at radius 3 is 1.52 bits per heavy atom. The van der Waals surface area contributed by atoms with E-state index in [1.165, 1.54) is 26.3 Å². The van der Waals surface area contributed by atoms with Crippen molar-refractivity contribution in [1.82, 2.24) is 0 Å². The van der Waals surface area contributed by atoms with Gasteiger partial charge in [-0.1, -0.05) is 59.1 Å². The lowest BCUT2D eigenvalue weighted by molar-refractivity contribution is -0.140. The zero-order chi connectivity index (χ0) is 18.8. The predicted octanol–water partition coefficient (Wildman–Crippen LogP) is 4.03. The second-order valence-corrected chi connectivity index (χ2v) is 5.22. The third-order valence-corrected chi connectivity index (χ3v) is 1.85. The summed E-state index contributed by atoms with van der Waals surface area (Å²) in [5.74, 6) is -1.25. The summed E-state index contributed by atoms with van der Waals surface area (Å²) in [6.45, 7) is 8.79. The SMILES string of the molecule is CC(C)=O.CCOC(C)=O.Cc1ccccc1.O=C(O)C(Cl)Cl. The zero-order valence-corrected chi connectivity index (χ0v) is 15.5. The van der Waals surface area contributed by atoms with Crippen LogP contribution in [0, 0.1) is 6.92 Å². The van der Waals surface area contributed by atoms with Crippen molar-refractivity contribution in [3.63, 3.8) is 0 Å². The fourth-order valence-corrected chi connectivity index (χ4v) is 0.738. The number of benzene rings is 1. The molecule has 23 heavy (non-hydrogen) atoms. The Morgan fingerprint density at radius 1 is 1.09 bits per heavy atom. The first-order chi connectivity index (χ1) is 10.5. The number of esters is 1. The summed E-state index contributed by atoms with van der Waals surface area (Å²) in [6, 6.07) is 10.3. The van der Waals surface area contributed by atoms with E-state index in [9.17, 15) is 14.4 Å². The zero-order valence-electron chi connectivity index (χ0n) is 14.0. The number of ether oxygens (including phenoxy) is 1. The largest absolute Gasteiger partial charge is 0.479 e. The van der Waals surface area contributed by atoms with E-state index in [2.05, 4.69) is 23.8 Å². The van der Waals surface area contributed by atoms with Crippen LogP contribution in [0.1, 0.15) is 33.3 Å². The van der Waals surface area contributed by atoms with Crippen molar-refractivity contribution in [1.29, 1.82) is 0 Å². The summed E-state index contributed by atoms with van der Waals surface area (Å²) in [5.41, 5.74) is 1.32. The summed E-state index contributed by atoms with van der Waals surface area (Å²) in [6.07, 6.45) is 0. The second-order valence-electron chi connectivity index (χ2n) is 4.13. The summed E-state index contributed by atoms with van der Waals surface area (Å²) >= 11 is 9.56. The Hall–Kier alpha value is -1.59. The Bertz CT molecular complexity index is 429. The number of aryl methyl sites for hydroxylation is 1. The van der Waals surface area contributed by atoms with Gasteiger partial charge in [-0.15, -0.1) is 0 Å². The maximum absolute atomic E-state index is 9.82. The molecule has 0 aliphatic rings. The third kappa shape index (κ3) is 38.5. The van der Waals surface area contributed by atoms with Crippen molar-refractivity contribution in [2.75, 3.05) is 6.61 Å². The number of Topliss-reactive ketones (excluding diaryl/α,β-unsaturated/α-hetero) is 1. The minimum absolute atomic E-state index is 0.167. The van der Waals surface area contributed by atoms with Gasteiger partial charge in [-0.2, -0.15) is 0 Å². The molecular weight excluding hydrogens is 343 g/mol. The van der Waals surface area contributed by atoms with Crippen molar-refractivity contribution in [2.24, 2.45) is 0 Å². The number of aliphatic carboxylic acids is 1. The molecule has 0 bridgehead atoms. The van der Waals surface area contributed by atoms with Crippen molar-refractivity contribution in [2.45, 2.75) is 39.5 Å². The van der Waals surface area contributed by atoms with Crippen LogP contribution < -0.4 is 0 Å². The van der Waals surface area contributed by atoms with E-state index in [-0.39, 0.29) is 11.8 Å². The lowest BCUT2D eigenvalue weighted by Crippen LogP contribution is -2.03. The van der Waals surface area contributed by atoms with Gasteiger partial charge < -0.3 is 14.6 Å². The molecule has 0 aromatic heterocycles. The fourth-order valence-electron chi connectivity index (χ4n) is 0.738. The van der Waals surface area contributed by atoms with E-state index >= 15 is 0 Å². The van der Waals surface area contributed by atoms with Crippen LogP contribution in [-0.4, -0.2) is 34.3 Å². The topological polar surface area (TPSA) is 80.7 Å². The fraction of sp³-hybridized carbons (Fsp3) is 0.438. The van der Waals surface area contributed by atoms with Crippen LogP contribution in [0.3, 0.4) is 0 Å². The molecule has 0 heterocycles. The molecule has 0 saturated carbocycles. The van der Waals surface area contributed by atoms with Gasteiger partial charge in [-0.3, -0.25) is 4.79 Å². The van der Waals surface area contributed by atoms with Gasteiger partial charge >= 0.3 is 11.9 Å². The summed E-state index contributed by atoms with van der Waals surface area (Å²) in [4.78, 5) is 27.4. The van der Waals surface area contributed by atoms with Gasteiger partial charge in [0.15, 0.2) is 0 Å². The summed E-state index contributed by atoms with van der Waals surface area (Å²) in [7, 11) is 0. The van der Waals surface area contributed by atoms with Crippen LogP contribution in [0.25, 0.3) is 0 Å². The average Bonchev–Trinajstić information content (AvgIpc) is 2.40. The number of carbonyl (C=O) groups excluding carboxylic acids is 2. The lowest BCUT2D eigenvalue weighted by Gasteiger charge is -1.89. The van der Waals surface area contributed by atoms with E-state index in [1.807, 2.05) is 18.2 Å². The monoisotopic (exact) mass is 366 g/mol. The Kier molecular flexibility index (Phi) is 21.1. The number of hydrogen-bond acceptors (Lipinski definition) is 4. The molecule has 132 valence electrons. The Morgan fingerprint density at radius 2 is 1.43 bits per heavy atom. The average molecular weight is 367 g/mol. The molecule has 0 fully saturated rings. The highest BCUT2D eigenvalue weighted by Gasteiger charge is 2.05. The number of halogens is 2. The minimum Gasteiger partial charge on any atom is -0.479 e. The molecule has 5 nitrogen and oxygen atoms in total. The van der Waals surface area contributed by atoms with Gasteiger partial charge in [0, 0.05) is 6.92 Å². The molecule has 0 atom stereocenters. The summed E-state index contributed by atoms with van der Waals surface area (Å²) < 4.78 is 4.40. The predicted molar refractivity (Wildman–Crippen MR) is 93.0 cm³/mol. The molecule has 0 saturated heterocycles. The Balaban J connectivity index is -0.000000237. The first-order valence-corrected chi connectivity index (χ1v) is 7.54. The number of carboxylic acid groups (broad SMARTS) is 1. The van der Waals surface area contributed by atoms with E-state index in [4.69, 9.17) is 28.3 Å². The van der Waals surface area contributed by atoms with Crippen LogP contribution in [0.2, 0.25) is 0 Å². The minimum atomic E-state index is -1.29. The standard InChI is InChI=1S/C7H8.C4H8O2.C3H6O.C2H2Cl2O2/c1-7-5-3-2-4-6-7;1-3-6-4(2)5;1-3(2)4;3-1(4)2(5)6/h2-6H,1H3;3H2,1-2H3;1-2H3;1H,(H,5,6). The highest BCUT2D eigenvalue weighted by Crippen LogP contribution is 1.98. The molecule has 0 aliphatic heterocycles. The van der Waals surface area contributed by atoms with E-state index in [0.29, 0.717) is 6.61 Å². The summed E-state index contributed by atoms with van der Waals surface area (Å²) in [5, 5.41) is 7.73. The number of hydrogen-bond donors (Lipinski definition) is 1. The lowest BCUT2D eigenvalue weighted by atomic mass is 10.2. The highest BCUT2D eigenvalue weighted by atomic mass is 35.5. The van der Waals surface area contributed by atoms with Crippen LogP contribution >= 0.6 is 23.2 Å². The van der Waals surface area contributed by atoms with Crippen LogP contribution in [0.4, 0.5) is 0 Å². The molecule has 1 N–H and O–H groups in total. The first-order valence-electron chi connectivity index (χ1n) is 6.67. The van der Waals surface area contributed by atoms with Crippen molar-refractivity contribution in [3.8, 4) is 0 Å². The van der Waals surface area contributed by atoms with E-state index in [1.54, 1.807) is 6.92 Å². The number of carboxylic acids is 1. The van der Waals surface area contributed by atoms with Crippen molar-refractivity contribution in [3.05, 3.63) is 35.9 Å². The highest BCUT2D eigenvalue weighted by molar-refractivity contribution is 6.52.